The first-order valence-electron chi connectivity index (χ1n) is 7.45. The zero-order valence-electron chi connectivity index (χ0n) is 12.4. The highest BCUT2D eigenvalue weighted by Gasteiger charge is 2.23. The molecule has 2 rings (SSSR count). The van der Waals surface area contributed by atoms with Gasteiger partial charge >= 0.3 is 0 Å². The van der Waals surface area contributed by atoms with Gasteiger partial charge in [-0.25, -0.2) is 0 Å². The Morgan fingerprint density at radius 1 is 1.00 bits per heavy atom. The smallest absolute Gasteiger partial charge is 0.0232 e. The van der Waals surface area contributed by atoms with Gasteiger partial charge in [-0.1, -0.05) is 0 Å². The van der Waals surface area contributed by atoms with E-state index < -0.39 is 0 Å². The molecule has 0 radical (unpaired) electrons. The van der Waals surface area contributed by atoms with Gasteiger partial charge in [0.2, 0.25) is 0 Å². The van der Waals surface area contributed by atoms with E-state index >= 15 is 0 Å². The van der Waals surface area contributed by atoms with Gasteiger partial charge in [0.05, 0.1) is 0 Å². The van der Waals surface area contributed by atoms with Crippen LogP contribution in [0.25, 0.3) is 0 Å². The first kappa shape index (κ1) is 14.3. The summed E-state index contributed by atoms with van der Waals surface area (Å²) in [5.74, 6) is 0. The van der Waals surface area contributed by atoms with Crippen LogP contribution in [0, 0.1) is 0 Å². The highest BCUT2D eigenvalue weighted by Crippen LogP contribution is 2.12. The molecular weight excluding hydrogens is 224 g/mol. The van der Waals surface area contributed by atoms with Crippen molar-refractivity contribution < 1.29 is 0 Å². The molecule has 0 aromatic heterocycles. The fraction of sp³-hybridized carbons (Fsp3) is 1.00. The minimum absolute atomic E-state index is 0.782. The maximum Gasteiger partial charge on any atom is 0.0232 e. The average Bonchev–Trinajstić information content (AvgIpc) is 2.67. The second kappa shape index (κ2) is 6.85. The lowest BCUT2D eigenvalue weighted by Gasteiger charge is -2.28. The Kier molecular flexibility index (Phi) is 5.42. The molecule has 0 saturated carbocycles. The molecule has 0 aliphatic carbocycles. The Hall–Kier alpha value is -0.160. The fourth-order valence-corrected chi connectivity index (χ4v) is 3.08. The van der Waals surface area contributed by atoms with E-state index in [-0.39, 0.29) is 0 Å². The van der Waals surface area contributed by atoms with E-state index in [4.69, 9.17) is 0 Å². The van der Waals surface area contributed by atoms with Crippen molar-refractivity contribution in [2.24, 2.45) is 0 Å². The SMILES string of the molecule is CN1CCCN(CCN(C)C2CCN(C)C2)CC1. The number of likely N-dealkylation sites (N-methyl/N-ethyl adjacent to an activating group) is 3. The molecule has 0 amide bonds. The van der Waals surface area contributed by atoms with E-state index in [0.717, 1.165) is 6.04 Å². The first-order valence-corrected chi connectivity index (χ1v) is 7.45. The van der Waals surface area contributed by atoms with E-state index in [0.29, 0.717) is 0 Å². The minimum atomic E-state index is 0.782. The summed E-state index contributed by atoms with van der Waals surface area (Å²) in [5.41, 5.74) is 0. The summed E-state index contributed by atoms with van der Waals surface area (Å²) < 4.78 is 0. The Labute approximate surface area is 113 Å². The summed E-state index contributed by atoms with van der Waals surface area (Å²) in [6, 6.07) is 0.782. The van der Waals surface area contributed by atoms with Crippen LogP contribution in [0.15, 0.2) is 0 Å². The molecule has 2 saturated heterocycles. The Bertz CT molecular complexity index is 244. The minimum Gasteiger partial charge on any atom is -0.305 e. The summed E-state index contributed by atoms with van der Waals surface area (Å²) in [6.45, 7) is 10.0. The molecule has 0 spiro atoms. The van der Waals surface area contributed by atoms with Gasteiger partial charge in [-0.3, -0.25) is 0 Å². The van der Waals surface area contributed by atoms with Gasteiger partial charge in [0.1, 0.15) is 0 Å². The number of nitrogens with zero attached hydrogens (tertiary/aromatic N) is 4. The predicted octanol–water partition coefficient (Wildman–Crippen LogP) is 0.260. The van der Waals surface area contributed by atoms with Gasteiger partial charge in [-0.15, -0.1) is 0 Å². The molecule has 1 atom stereocenters. The van der Waals surface area contributed by atoms with Crippen molar-refractivity contribution in [3.8, 4) is 0 Å². The molecule has 2 fully saturated rings. The molecule has 4 nitrogen and oxygen atoms in total. The lowest BCUT2D eigenvalue weighted by molar-refractivity contribution is 0.192. The molecule has 0 aromatic carbocycles. The van der Waals surface area contributed by atoms with Crippen LogP contribution in [-0.2, 0) is 0 Å². The topological polar surface area (TPSA) is 13.0 Å². The first-order chi connectivity index (χ1) is 8.65. The monoisotopic (exact) mass is 254 g/mol. The van der Waals surface area contributed by atoms with Gasteiger partial charge in [-0.05, 0) is 53.6 Å². The van der Waals surface area contributed by atoms with Crippen LogP contribution >= 0.6 is 0 Å². The second-order valence-corrected chi connectivity index (χ2v) is 6.18. The third-order valence-electron chi connectivity index (χ3n) is 4.57. The highest BCUT2D eigenvalue weighted by molar-refractivity contribution is 4.80. The molecule has 2 heterocycles. The van der Waals surface area contributed by atoms with Crippen molar-refractivity contribution in [2.45, 2.75) is 18.9 Å². The van der Waals surface area contributed by atoms with Crippen molar-refractivity contribution in [2.75, 3.05) is 73.5 Å². The van der Waals surface area contributed by atoms with Gasteiger partial charge in [-0.2, -0.15) is 0 Å². The molecular formula is C14H30N4. The maximum atomic E-state index is 2.64. The molecule has 106 valence electrons. The van der Waals surface area contributed by atoms with Crippen LogP contribution in [0.5, 0.6) is 0 Å². The third kappa shape index (κ3) is 4.19. The molecule has 0 aromatic rings. The third-order valence-corrected chi connectivity index (χ3v) is 4.57. The van der Waals surface area contributed by atoms with Crippen LogP contribution in [-0.4, -0.2) is 99.1 Å². The highest BCUT2D eigenvalue weighted by atomic mass is 15.3. The summed E-state index contributed by atoms with van der Waals surface area (Å²) in [4.78, 5) is 10.1. The fourth-order valence-electron chi connectivity index (χ4n) is 3.08. The Morgan fingerprint density at radius 3 is 2.56 bits per heavy atom. The van der Waals surface area contributed by atoms with Crippen LogP contribution in [0.1, 0.15) is 12.8 Å². The van der Waals surface area contributed by atoms with Crippen molar-refractivity contribution in [1.82, 2.24) is 19.6 Å². The van der Waals surface area contributed by atoms with E-state index in [1.807, 2.05) is 0 Å². The second-order valence-electron chi connectivity index (χ2n) is 6.18. The van der Waals surface area contributed by atoms with Crippen molar-refractivity contribution in [3.05, 3.63) is 0 Å². The standard InChI is InChI=1S/C14H30N4/c1-15-6-4-7-18(11-9-15)12-10-17(3)14-5-8-16(2)13-14/h14H,4-13H2,1-3H3. The molecule has 4 heteroatoms. The number of rotatable bonds is 4. The zero-order valence-corrected chi connectivity index (χ0v) is 12.4. The molecule has 2 aliphatic heterocycles. The quantitative estimate of drug-likeness (QED) is 0.713. The number of hydrogen-bond donors (Lipinski definition) is 0. The lowest BCUT2D eigenvalue weighted by atomic mass is 10.2. The number of hydrogen-bond acceptors (Lipinski definition) is 4. The van der Waals surface area contributed by atoms with Gasteiger partial charge < -0.3 is 19.6 Å². The van der Waals surface area contributed by atoms with E-state index in [9.17, 15) is 0 Å². The van der Waals surface area contributed by atoms with Crippen LogP contribution in [0.3, 0.4) is 0 Å². The summed E-state index contributed by atoms with van der Waals surface area (Å²) in [5, 5.41) is 0. The molecule has 0 bridgehead atoms. The van der Waals surface area contributed by atoms with Gasteiger partial charge in [0.25, 0.3) is 0 Å². The van der Waals surface area contributed by atoms with Crippen molar-refractivity contribution in [1.29, 1.82) is 0 Å². The molecule has 2 aliphatic rings. The zero-order chi connectivity index (χ0) is 13.0. The van der Waals surface area contributed by atoms with Gasteiger partial charge in [0, 0.05) is 38.8 Å². The van der Waals surface area contributed by atoms with Gasteiger partial charge in [0.15, 0.2) is 0 Å². The number of likely N-dealkylation sites (tertiary alicyclic amines) is 1. The summed E-state index contributed by atoms with van der Waals surface area (Å²) >= 11 is 0. The average molecular weight is 254 g/mol. The Balaban J connectivity index is 1.67. The summed E-state index contributed by atoms with van der Waals surface area (Å²) in [6.07, 6.45) is 2.67. The van der Waals surface area contributed by atoms with Crippen LogP contribution < -0.4 is 0 Å². The summed E-state index contributed by atoms with van der Waals surface area (Å²) in [7, 11) is 6.77. The van der Waals surface area contributed by atoms with Crippen LogP contribution in [0.2, 0.25) is 0 Å². The molecule has 1 unspecified atom stereocenters. The molecule has 0 N–H and O–H groups in total. The molecule has 18 heavy (non-hydrogen) atoms. The van der Waals surface area contributed by atoms with E-state index in [2.05, 4.69) is 40.7 Å². The normalized spacial score (nSPS) is 29.0. The maximum absolute atomic E-state index is 2.64. The predicted molar refractivity (Wildman–Crippen MR) is 77.1 cm³/mol. The largest absolute Gasteiger partial charge is 0.305 e. The Morgan fingerprint density at radius 2 is 1.83 bits per heavy atom. The van der Waals surface area contributed by atoms with Crippen molar-refractivity contribution >= 4 is 0 Å². The van der Waals surface area contributed by atoms with Crippen LogP contribution in [0.4, 0.5) is 0 Å². The van der Waals surface area contributed by atoms with E-state index in [1.165, 1.54) is 65.2 Å². The van der Waals surface area contributed by atoms with E-state index in [1.54, 1.807) is 0 Å². The van der Waals surface area contributed by atoms with Crippen molar-refractivity contribution in [3.63, 3.8) is 0 Å². The lowest BCUT2D eigenvalue weighted by Crippen LogP contribution is -2.40.